The molecule has 0 spiro atoms. The van der Waals surface area contributed by atoms with Crippen LogP contribution in [0.3, 0.4) is 0 Å². The highest BCUT2D eigenvalue weighted by Crippen LogP contribution is 2.22. The molecule has 0 aliphatic heterocycles. The molecule has 0 fully saturated rings. The third kappa shape index (κ3) is 2.94. The lowest BCUT2D eigenvalue weighted by Crippen LogP contribution is -2.08. The molecular formula is C10H9ClN4O4S. The summed E-state index contributed by atoms with van der Waals surface area (Å²) < 4.78 is 24.3. The number of aryl methyl sites for hydroxylation is 1. The van der Waals surface area contributed by atoms with Crippen molar-refractivity contribution in [3.05, 3.63) is 34.6 Å². The van der Waals surface area contributed by atoms with E-state index in [0.717, 1.165) is 10.9 Å². The Morgan fingerprint density at radius 3 is 2.70 bits per heavy atom. The summed E-state index contributed by atoms with van der Waals surface area (Å²) >= 11 is 5.69. The third-order valence-electron chi connectivity index (χ3n) is 2.40. The minimum atomic E-state index is -3.77. The van der Waals surface area contributed by atoms with Crippen LogP contribution in [-0.2, 0) is 22.6 Å². The van der Waals surface area contributed by atoms with Gasteiger partial charge in [-0.05, 0) is 23.4 Å². The molecule has 1 heterocycles. The Morgan fingerprint density at radius 2 is 2.15 bits per heavy atom. The van der Waals surface area contributed by atoms with Gasteiger partial charge >= 0.3 is 5.97 Å². The second-order valence-corrected chi connectivity index (χ2v) is 6.30. The maximum Gasteiger partial charge on any atom is 0.337 e. The van der Waals surface area contributed by atoms with E-state index >= 15 is 0 Å². The van der Waals surface area contributed by atoms with Gasteiger partial charge in [0.2, 0.25) is 0 Å². The van der Waals surface area contributed by atoms with Gasteiger partial charge in [0.15, 0.2) is 15.7 Å². The summed E-state index contributed by atoms with van der Waals surface area (Å²) in [4.78, 5) is 11.9. The topological polar surface area (TPSA) is 115 Å². The summed E-state index contributed by atoms with van der Waals surface area (Å²) in [6.45, 7) is 0. The van der Waals surface area contributed by atoms with Gasteiger partial charge < -0.3 is 5.11 Å². The van der Waals surface area contributed by atoms with Crippen molar-refractivity contribution < 1.29 is 18.3 Å². The molecule has 1 aromatic heterocycles. The molecule has 2 rings (SSSR count). The molecule has 10 heteroatoms. The summed E-state index contributed by atoms with van der Waals surface area (Å²) in [6, 6.07) is 3.47. The number of carbonyl (C=O) groups is 1. The van der Waals surface area contributed by atoms with Crippen LogP contribution < -0.4 is 0 Å². The molecule has 106 valence electrons. The van der Waals surface area contributed by atoms with Crippen LogP contribution in [0, 0.1) is 0 Å². The van der Waals surface area contributed by atoms with Crippen molar-refractivity contribution >= 4 is 27.4 Å². The summed E-state index contributed by atoms with van der Waals surface area (Å²) in [5.41, 5.74) is -0.278. The molecule has 0 saturated carbocycles. The average Bonchev–Trinajstić information content (AvgIpc) is 2.73. The van der Waals surface area contributed by atoms with Gasteiger partial charge in [0, 0.05) is 0 Å². The number of carboxylic acids is 1. The first-order valence-corrected chi connectivity index (χ1v) is 7.31. The zero-order valence-electron chi connectivity index (χ0n) is 10.2. The largest absolute Gasteiger partial charge is 0.478 e. The minimum absolute atomic E-state index is 0.0272. The van der Waals surface area contributed by atoms with Crippen molar-refractivity contribution in [2.75, 3.05) is 0 Å². The fourth-order valence-corrected chi connectivity index (χ4v) is 2.89. The predicted octanol–water partition coefficient (Wildman–Crippen LogP) is 0.536. The zero-order valence-corrected chi connectivity index (χ0v) is 11.8. The molecule has 1 N–H and O–H groups in total. The SMILES string of the molecule is Cn1nnc(CS(=O)(=O)c2ccc(Cl)c(C(=O)O)c2)n1. The first kappa shape index (κ1) is 14.4. The summed E-state index contributed by atoms with van der Waals surface area (Å²) in [5.74, 6) is -1.74. The van der Waals surface area contributed by atoms with Gasteiger partial charge in [-0.15, -0.1) is 10.2 Å². The highest BCUT2D eigenvalue weighted by molar-refractivity contribution is 7.90. The molecule has 2 aromatic rings. The van der Waals surface area contributed by atoms with E-state index in [0.29, 0.717) is 0 Å². The van der Waals surface area contributed by atoms with E-state index in [-0.39, 0.29) is 21.3 Å². The number of halogens is 1. The molecule has 0 radical (unpaired) electrons. The van der Waals surface area contributed by atoms with Gasteiger partial charge in [0.1, 0.15) is 5.75 Å². The second kappa shape index (κ2) is 5.17. The van der Waals surface area contributed by atoms with E-state index in [1.165, 1.54) is 19.2 Å². The van der Waals surface area contributed by atoms with Crippen molar-refractivity contribution in [2.45, 2.75) is 10.6 Å². The molecule has 0 bridgehead atoms. The van der Waals surface area contributed by atoms with Crippen LogP contribution in [-0.4, -0.2) is 39.7 Å². The van der Waals surface area contributed by atoms with Crippen LogP contribution in [0.25, 0.3) is 0 Å². The van der Waals surface area contributed by atoms with E-state index in [2.05, 4.69) is 15.4 Å². The first-order chi connectivity index (χ1) is 9.29. The number of aromatic carboxylic acids is 1. The predicted molar refractivity (Wildman–Crippen MR) is 68.1 cm³/mol. The number of sulfone groups is 1. The quantitative estimate of drug-likeness (QED) is 0.875. The molecule has 1 aromatic carbocycles. The molecule has 0 aliphatic rings. The fourth-order valence-electron chi connectivity index (χ4n) is 1.50. The van der Waals surface area contributed by atoms with Crippen LogP contribution in [0.2, 0.25) is 5.02 Å². The van der Waals surface area contributed by atoms with Crippen LogP contribution in [0.15, 0.2) is 23.1 Å². The van der Waals surface area contributed by atoms with Gasteiger partial charge in [-0.3, -0.25) is 0 Å². The molecule has 0 aliphatic carbocycles. The molecule has 20 heavy (non-hydrogen) atoms. The van der Waals surface area contributed by atoms with E-state index in [4.69, 9.17) is 16.7 Å². The maximum absolute atomic E-state index is 12.1. The van der Waals surface area contributed by atoms with E-state index in [9.17, 15) is 13.2 Å². The Hall–Kier alpha value is -2.00. The van der Waals surface area contributed by atoms with Crippen molar-refractivity contribution in [3.8, 4) is 0 Å². The minimum Gasteiger partial charge on any atom is -0.478 e. The standard InChI is InChI=1S/C10H9ClN4O4S/c1-15-13-9(12-14-15)5-20(18,19)6-2-3-8(11)7(4-6)10(16)17/h2-4H,5H2,1H3,(H,16,17). The number of carboxylic acid groups (broad SMARTS) is 1. The number of rotatable bonds is 4. The Balaban J connectivity index is 2.39. The molecule has 0 saturated heterocycles. The summed E-state index contributed by atoms with van der Waals surface area (Å²) in [7, 11) is -2.27. The summed E-state index contributed by atoms with van der Waals surface area (Å²) in [5, 5.41) is 19.8. The summed E-state index contributed by atoms with van der Waals surface area (Å²) in [6.07, 6.45) is 0. The molecule has 0 amide bonds. The fraction of sp³-hybridized carbons (Fsp3) is 0.200. The lowest BCUT2D eigenvalue weighted by molar-refractivity contribution is 0.0697. The normalized spacial score (nSPS) is 11.5. The number of nitrogens with zero attached hydrogens (tertiary/aromatic N) is 4. The lowest BCUT2D eigenvalue weighted by Gasteiger charge is -2.04. The van der Waals surface area contributed by atoms with Crippen molar-refractivity contribution in [1.82, 2.24) is 20.2 Å². The Morgan fingerprint density at radius 1 is 1.45 bits per heavy atom. The third-order valence-corrected chi connectivity index (χ3v) is 4.34. The smallest absolute Gasteiger partial charge is 0.337 e. The van der Waals surface area contributed by atoms with Crippen LogP contribution in [0.5, 0.6) is 0 Å². The van der Waals surface area contributed by atoms with Gasteiger partial charge in [-0.1, -0.05) is 11.6 Å². The lowest BCUT2D eigenvalue weighted by atomic mass is 10.2. The van der Waals surface area contributed by atoms with Gasteiger partial charge in [-0.25, -0.2) is 13.2 Å². The Kier molecular flexibility index (Phi) is 3.73. The number of tetrazole rings is 1. The molecule has 0 atom stereocenters. The number of benzene rings is 1. The van der Waals surface area contributed by atoms with E-state index in [1.54, 1.807) is 0 Å². The van der Waals surface area contributed by atoms with Gasteiger partial charge in [0.25, 0.3) is 0 Å². The zero-order chi connectivity index (χ0) is 14.9. The molecular weight excluding hydrogens is 308 g/mol. The average molecular weight is 317 g/mol. The first-order valence-electron chi connectivity index (χ1n) is 5.28. The number of hydrogen-bond acceptors (Lipinski definition) is 6. The molecule has 8 nitrogen and oxygen atoms in total. The van der Waals surface area contributed by atoms with E-state index < -0.39 is 21.6 Å². The van der Waals surface area contributed by atoms with Crippen LogP contribution in [0.1, 0.15) is 16.2 Å². The van der Waals surface area contributed by atoms with E-state index in [1.807, 2.05) is 0 Å². The van der Waals surface area contributed by atoms with Crippen molar-refractivity contribution in [1.29, 1.82) is 0 Å². The van der Waals surface area contributed by atoms with Crippen molar-refractivity contribution in [3.63, 3.8) is 0 Å². The second-order valence-electron chi connectivity index (χ2n) is 3.90. The van der Waals surface area contributed by atoms with Crippen molar-refractivity contribution in [2.24, 2.45) is 7.05 Å². The Bertz CT molecular complexity index is 771. The van der Waals surface area contributed by atoms with Crippen LogP contribution in [0.4, 0.5) is 0 Å². The van der Waals surface area contributed by atoms with Gasteiger partial charge in [-0.2, -0.15) is 4.80 Å². The maximum atomic E-state index is 12.1. The highest BCUT2D eigenvalue weighted by Gasteiger charge is 2.21. The van der Waals surface area contributed by atoms with Crippen LogP contribution >= 0.6 is 11.6 Å². The number of hydrogen-bond donors (Lipinski definition) is 1. The number of aromatic nitrogens is 4. The highest BCUT2D eigenvalue weighted by atomic mass is 35.5. The monoisotopic (exact) mass is 316 g/mol. The molecule has 0 unspecified atom stereocenters. The Labute approximate surface area is 118 Å². The van der Waals surface area contributed by atoms with Gasteiger partial charge in [0.05, 0.1) is 22.5 Å².